The standard InChI is InChI=1S/C26H36ClN5O2S/c1-6-7-12-28-23(33)17-35-25-29-21(27)15-22(30-25)31-13-14-32(18(2)16-31)24(34)19-8-10-20(11-9-19)26(3,4)5/h8-11,15,18H,6-7,12-14,16-17H2,1-5H3,(H,28,33). The average molecular weight is 518 g/mol. The SMILES string of the molecule is CCCCNC(=O)CSc1nc(Cl)cc(N2CCN(C(=O)c3ccc(C(C)(C)C)cc3)C(C)C2)n1. The van der Waals surface area contributed by atoms with Crippen LogP contribution < -0.4 is 10.2 Å². The zero-order valence-corrected chi connectivity index (χ0v) is 22.9. The summed E-state index contributed by atoms with van der Waals surface area (Å²) in [5.74, 6) is 0.969. The molecule has 0 saturated carbocycles. The molecule has 0 spiro atoms. The topological polar surface area (TPSA) is 78.4 Å². The minimum absolute atomic E-state index is 0.00716. The van der Waals surface area contributed by atoms with Gasteiger partial charge in [0, 0.05) is 43.9 Å². The molecule has 3 rings (SSSR count). The molecule has 1 aliphatic heterocycles. The van der Waals surface area contributed by atoms with Crippen LogP contribution in [0.3, 0.4) is 0 Å². The predicted octanol–water partition coefficient (Wildman–Crippen LogP) is 4.79. The van der Waals surface area contributed by atoms with E-state index in [4.69, 9.17) is 11.6 Å². The van der Waals surface area contributed by atoms with Crippen molar-refractivity contribution in [2.45, 2.75) is 64.1 Å². The molecule has 2 heterocycles. The Labute approximate surface area is 218 Å². The second-order valence-corrected chi connectivity index (χ2v) is 11.3. The van der Waals surface area contributed by atoms with Gasteiger partial charge in [-0.1, -0.05) is 69.6 Å². The van der Waals surface area contributed by atoms with Gasteiger partial charge < -0.3 is 15.1 Å². The van der Waals surface area contributed by atoms with Crippen LogP contribution in [0.2, 0.25) is 5.15 Å². The number of benzene rings is 1. The molecule has 35 heavy (non-hydrogen) atoms. The number of rotatable bonds is 8. The molecule has 2 amide bonds. The summed E-state index contributed by atoms with van der Waals surface area (Å²) < 4.78 is 0. The van der Waals surface area contributed by atoms with Gasteiger partial charge in [-0.3, -0.25) is 9.59 Å². The van der Waals surface area contributed by atoms with Crippen molar-refractivity contribution >= 4 is 41.0 Å². The number of unbranched alkanes of at least 4 members (excludes halogenated alkanes) is 1. The highest BCUT2D eigenvalue weighted by atomic mass is 35.5. The van der Waals surface area contributed by atoms with Gasteiger partial charge in [0.25, 0.3) is 5.91 Å². The molecule has 0 aliphatic carbocycles. The number of halogens is 1. The fourth-order valence-corrected chi connectivity index (χ4v) is 4.85. The maximum atomic E-state index is 13.2. The van der Waals surface area contributed by atoms with E-state index in [0.717, 1.165) is 12.8 Å². The van der Waals surface area contributed by atoms with Crippen molar-refractivity contribution in [3.05, 3.63) is 46.6 Å². The quantitative estimate of drug-likeness (QED) is 0.235. The fraction of sp³-hybridized carbons (Fsp3) is 0.538. The number of hydrogen-bond donors (Lipinski definition) is 1. The molecule has 1 aromatic carbocycles. The van der Waals surface area contributed by atoms with Crippen molar-refractivity contribution < 1.29 is 9.59 Å². The van der Waals surface area contributed by atoms with Crippen molar-refractivity contribution in [3.63, 3.8) is 0 Å². The van der Waals surface area contributed by atoms with Gasteiger partial charge in [0.1, 0.15) is 11.0 Å². The van der Waals surface area contributed by atoms with E-state index < -0.39 is 0 Å². The third-order valence-electron chi connectivity index (χ3n) is 6.06. The van der Waals surface area contributed by atoms with Gasteiger partial charge in [0.05, 0.1) is 5.75 Å². The number of hydrogen-bond acceptors (Lipinski definition) is 6. The maximum Gasteiger partial charge on any atom is 0.254 e. The van der Waals surface area contributed by atoms with Crippen LogP contribution in [-0.4, -0.2) is 64.7 Å². The molecule has 190 valence electrons. The highest BCUT2D eigenvalue weighted by molar-refractivity contribution is 7.99. The smallest absolute Gasteiger partial charge is 0.254 e. The van der Waals surface area contributed by atoms with E-state index in [1.54, 1.807) is 6.07 Å². The molecule has 2 aromatic rings. The molecule has 1 N–H and O–H groups in total. The summed E-state index contributed by atoms with van der Waals surface area (Å²) in [4.78, 5) is 38.1. The molecule has 0 radical (unpaired) electrons. The molecule has 1 unspecified atom stereocenters. The first-order valence-electron chi connectivity index (χ1n) is 12.2. The highest BCUT2D eigenvalue weighted by Crippen LogP contribution is 2.26. The first kappa shape index (κ1) is 27.3. The minimum atomic E-state index is -0.0372. The Morgan fingerprint density at radius 2 is 1.89 bits per heavy atom. The predicted molar refractivity (Wildman–Crippen MR) is 144 cm³/mol. The zero-order valence-electron chi connectivity index (χ0n) is 21.3. The Bertz CT molecular complexity index is 1030. The van der Waals surface area contributed by atoms with E-state index >= 15 is 0 Å². The molecule has 0 bridgehead atoms. The fourth-order valence-electron chi connectivity index (χ4n) is 3.94. The average Bonchev–Trinajstić information content (AvgIpc) is 2.81. The lowest BCUT2D eigenvalue weighted by Gasteiger charge is -2.40. The van der Waals surface area contributed by atoms with Crippen LogP contribution in [0.1, 0.15) is 63.4 Å². The van der Waals surface area contributed by atoms with Crippen LogP contribution in [0, 0.1) is 0 Å². The van der Waals surface area contributed by atoms with Gasteiger partial charge in [0.15, 0.2) is 5.16 Å². The molecule has 1 aliphatic rings. The van der Waals surface area contributed by atoms with Gasteiger partial charge in [-0.05, 0) is 36.5 Å². The van der Waals surface area contributed by atoms with E-state index in [-0.39, 0.29) is 29.0 Å². The number of piperazine rings is 1. The first-order valence-corrected chi connectivity index (χ1v) is 13.6. The van der Waals surface area contributed by atoms with E-state index in [1.807, 2.05) is 36.1 Å². The van der Waals surface area contributed by atoms with Crippen molar-refractivity contribution in [1.82, 2.24) is 20.2 Å². The van der Waals surface area contributed by atoms with Crippen molar-refractivity contribution in [3.8, 4) is 0 Å². The van der Waals surface area contributed by atoms with Crippen molar-refractivity contribution in [2.24, 2.45) is 0 Å². The molecular weight excluding hydrogens is 482 g/mol. The summed E-state index contributed by atoms with van der Waals surface area (Å²) in [6.45, 7) is 13.2. The molecule has 1 fully saturated rings. The summed E-state index contributed by atoms with van der Waals surface area (Å²) in [6, 6.07) is 9.68. The molecular formula is C26H36ClN5O2S. The van der Waals surface area contributed by atoms with Crippen LogP contribution >= 0.6 is 23.4 Å². The summed E-state index contributed by atoms with van der Waals surface area (Å²) in [7, 11) is 0. The third kappa shape index (κ3) is 7.58. The van der Waals surface area contributed by atoms with Gasteiger partial charge in [0.2, 0.25) is 5.91 Å². The van der Waals surface area contributed by atoms with Gasteiger partial charge >= 0.3 is 0 Å². The lowest BCUT2D eigenvalue weighted by Crippen LogP contribution is -2.54. The molecule has 1 aromatic heterocycles. The minimum Gasteiger partial charge on any atom is -0.355 e. The Hall–Kier alpha value is -2.32. The lowest BCUT2D eigenvalue weighted by molar-refractivity contribution is -0.118. The number of amides is 2. The second kappa shape index (κ2) is 12.1. The molecule has 7 nitrogen and oxygen atoms in total. The van der Waals surface area contributed by atoms with Crippen LogP contribution in [-0.2, 0) is 10.2 Å². The third-order valence-corrected chi connectivity index (χ3v) is 7.10. The van der Waals surface area contributed by atoms with Crippen LogP contribution in [0.5, 0.6) is 0 Å². The van der Waals surface area contributed by atoms with E-state index in [9.17, 15) is 9.59 Å². The van der Waals surface area contributed by atoms with Crippen molar-refractivity contribution in [1.29, 1.82) is 0 Å². The molecule has 1 saturated heterocycles. The first-order chi connectivity index (χ1) is 16.6. The summed E-state index contributed by atoms with van der Waals surface area (Å²) in [5.41, 5.74) is 1.97. The summed E-state index contributed by atoms with van der Waals surface area (Å²) >= 11 is 7.55. The highest BCUT2D eigenvalue weighted by Gasteiger charge is 2.29. The Morgan fingerprint density at radius 3 is 2.51 bits per heavy atom. The second-order valence-electron chi connectivity index (χ2n) is 9.94. The monoisotopic (exact) mass is 517 g/mol. The molecule has 9 heteroatoms. The van der Waals surface area contributed by atoms with Crippen LogP contribution in [0.15, 0.2) is 35.5 Å². The number of carbonyl (C=O) groups excluding carboxylic acids is 2. The zero-order chi connectivity index (χ0) is 25.6. The maximum absolute atomic E-state index is 13.2. The van der Waals surface area contributed by atoms with Gasteiger partial charge in [-0.25, -0.2) is 9.97 Å². The summed E-state index contributed by atoms with van der Waals surface area (Å²) in [6.07, 6.45) is 2.00. The molecule has 1 atom stereocenters. The van der Waals surface area contributed by atoms with E-state index in [0.29, 0.717) is 47.9 Å². The normalized spacial score (nSPS) is 16.3. The van der Waals surface area contributed by atoms with Crippen LogP contribution in [0.25, 0.3) is 0 Å². The summed E-state index contributed by atoms with van der Waals surface area (Å²) in [5, 5.41) is 3.71. The van der Waals surface area contributed by atoms with E-state index in [1.165, 1.54) is 17.3 Å². The van der Waals surface area contributed by atoms with Crippen LogP contribution in [0.4, 0.5) is 5.82 Å². The van der Waals surface area contributed by atoms with Crippen molar-refractivity contribution in [2.75, 3.05) is 36.8 Å². The number of thioether (sulfide) groups is 1. The number of nitrogens with one attached hydrogen (secondary N) is 1. The van der Waals surface area contributed by atoms with Gasteiger partial charge in [-0.2, -0.15) is 0 Å². The lowest BCUT2D eigenvalue weighted by atomic mass is 9.86. The number of carbonyl (C=O) groups is 2. The Kier molecular flexibility index (Phi) is 9.41. The van der Waals surface area contributed by atoms with Gasteiger partial charge in [-0.15, -0.1) is 0 Å². The number of aromatic nitrogens is 2. The number of nitrogens with zero attached hydrogens (tertiary/aromatic N) is 4. The Balaban J connectivity index is 1.61. The number of anilines is 1. The van der Waals surface area contributed by atoms with E-state index in [2.05, 4.69) is 47.9 Å². The Morgan fingerprint density at radius 1 is 1.17 bits per heavy atom. The largest absolute Gasteiger partial charge is 0.355 e.